The van der Waals surface area contributed by atoms with Crippen LogP contribution < -0.4 is 19.8 Å². The van der Waals surface area contributed by atoms with Crippen LogP contribution in [0.5, 0.6) is 5.75 Å². The highest BCUT2D eigenvalue weighted by Crippen LogP contribution is 2.47. The van der Waals surface area contributed by atoms with Crippen molar-refractivity contribution in [3.05, 3.63) is 83.1 Å². The lowest BCUT2D eigenvalue weighted by Crippen LogP contribution is -2.58. The number of esters is 1. The minimum Gasteiger partial charge on any atom is -0.465 e. The van der Waals surface area contributed by atoms with Gasteiger partial charge in [-0.1, -0.05) is 38.1 Å². The number of aromatic nitrogens is 2. The fourth-order valence-corrected chi connectivity index (χ4v) is 11.3. The highest BCUT2D eigenvalue weighted by molar-refractivity contribution is 7.56. The molecule has 3 aliphatic heterocycles. The number of nitrogens with one attached hydrogen (secondary N) is 2. The van der Waals surface area contributed by atoms with Gasteiger partial charge in [-0.3, -0.25) is 23.7 Å². The molecular formula is C42H52N7O7PS. The summed E-state index contributed by atoms with van der Waals surface area (Å²) >= 11 is 1.31. The number of amides is 3. The second kappa shape index (κ2) is 17.6. The third-order valence-electron chi connectivity index (χ3n) is 11.1. The maximum atomic E-state index is 14.3. The molecule has 58 heavy (non-hydrogen) atoms. The molecule has 16 heteroatoms. The Labute approximate surface area is 343 Å². The van der Waals surface area contributed by atoms with Gasteiger partial charge in [-0.05, 0) is 86.2 Å². The first-order chi connectivity index (χ1) is 27.8. The molecular weight excluding hydrogens is 778 g/mol. The molecule has 0 bridgehead atoms. The number of benzene rings is 2. The van der Waals surface area contributed by atoms with E-state index in [-0.39, 0.29) is 48.4 Å². The molecule has 6 atom stereocenters. The van der Waals surface area contributed by atoms with E-state index in [9.17, 15) is 23.7 Å². The Morgan fingerprint density at radius 3 is 2.59 bits per heavy atom. The molecule has 3 saturated heterocycles. The standard InChI is InChI=1S/C42H52N7O7PS/c1-6-16-55-42(53)27(3)46-57(54,56-32-10-8-7-9-11-32)24-28-12-15-36-29(19-28)20-37(58-36)39(50)45-34-18-26(2)17-31-13-14-35(49(31)40(34)51)41(52)48-22-30(23-48)33-21-43-25-44-38(33)47(4)5/h7-12,15,19-21,25-27,30-31,34-35H,6,13-14,16-18,22-24H2,1-5H3,(H,45,50)(H,46,54)/t26-,27+,31-,34+,35+,57?/m1/s1. The first-order valence-corrected chi connectivity index (χ1v) is 22.6. The number of ether oxygens (including phenoxy) is 1. The Bertz CT molecular complexity index is 2200. The summed E-state index contributed by atoms with van der Waals surface area (Å²) in [6.07, 6.45) is 6.59. The van der Waals surface area contributed by atoms with Crippen molar-refractivity contribution in [3.8, 4) is 5.75 Å². The molecule has 3 fully saturated rings. The fraction of sp³-hybridized carbons (Fsp3) is 0.476. The molecule has 0 radical (unpaired) electrons. The van der Waals surface area contributed by atoms with Gasteiger partial charge in [-0.25, -0.2) is 15.1 Å². The van der Waals surface area contributed by atoms with E-state index in [4.69, 9.17) is 9.26 Å². The first kappa shape index (κ1) is 41.3. The molecule has 3 aliphatic rings. The number of nitrogens with zero attached hydrogens (tertiary/aromatic N) is 5. The summed E-state index contributed by atoms with van der Waals surface area (Å²) in [5.74, 6) is 0.388. The maximum absolute atomic E-state index is 14.3. The number of fused-ring (bicyclic) bond motifs is 2. The van der Waals surface area contributed by atoms with Gasteiger partial charge in [-0.2, -0.15) is 0 Å². The van der Waals surface area contributed by atoms with E-state index in [0.29, 0.717) is 48.5 Å². The minimum atomic E-state index is -3.69. The largest absolute Gasteiger partial charge is 0.465 e. The summed E-state index contributed by atoms with van der Waals surface area (Å²) in [6.45, 7) is 6.94. The van der Waals surface area contributed by atoms with Crippen LogP contribution in [0.3, 0.4) is 0 Å². The molecule has 2 N–H and O–H groups in total. The summed E-state index contributed by atoms with van der Waals surface area (Å²) in [4.78, 5) is 69.3. The van der Waals surface area contributed by atoms with E-state index in [0.717, 1.165) is 34.3 Å². The highest BCUT2D eigenvalue weighted by Gasteiger charge is 2.49. The summed E-state index contributed by atoms with van der Waals surface area (Å²) in [6, 6.07) is 13.9. The smallest absolute Gasteiger partial charge is 0.323 e. The SMILES string of the molecule is CCCOC(=O)[C@H](C)NP(=O)(Cc1ccc2sc(C(=O)N[C@H]3C[C@H](C)C[C@H]4CC[C@@H](C(=O)N5CC(c6cncnc6N(C)C)C5)N4C3=O)cc2c1)Oc1ccccc1. The van der Waals surface area contributed by atoms with Gasteiger partial charge in [0.05, 0.1) is 17.6 Å². The molecule has 7 rings (SSSR count). The predicted octanol–water partition coefficient (Wildman–Crippen LogP) is 5.97. The van der Waals surface area contributed by atoms with E-state index in [2.05, 4.69) is 27.3 Å². The van der Waals surface area contributed by atoms with Gasteiger partial charge in [0.25, 0.3) is 5.91 Å². The topological polar surface area (TPSA) is 163 Å². The van der Waals surface area contributed by atoms with E-state index in [1.165, 1.54) is 17.7 Å². The monoisotopic (exact) mass is 829 g/mol. The van der Waals surface area contributed by atoms with Gasteiger partial charge in [0, 0.05) is 55.6 Å². The van der Waals surface area contributed by atoms with Crippen molar-refractivity contribution in [2.24, 2.45) is 5.92 Å². The molecule has 3 amide bonds. The molecule has 4 aromatic rings. The van der Waals surface area contributed by atoms with Crippen LogP contribution in [0.1, 0.15) is 79.6 Å². The molecule has 0 saturated carbocycles. The summed E-state index contributed by atoms with van der Waals surface area (Å²) in [5.41, 5.74) is 1.69. The molecule has 2 aromatic heterocycles. The molecule has 0 spiro atoms. The van der Waals surface area contributed by atoms with Crippen molar-refractivity contribution < 1.29 is 33.0 Å². The third-order valence-corrected chi connectivity index (χ3v) is 14.3. The predicted molar refractivity (Wildman–Crippen MR) is 223 cm³/mol. The average molecular weight is 830 g/mol. The lowest BCUT2D eigenvalue weighted by Gasteiger charge is -2.43. The summed E-state index contributed by atoms with van der Waals surface area (Å²) < 4.78 is 26.5. The lowest BCUT2D eigenvalue weighted by atomic mass is 9.91. The van der Waals surface area contributed by atoms with Gasteiger partial charge >= 0.3 is 13.5 Å². The van der Waals surface area contributed by atoms with Crippen molar-refractivity contribution in [1.29, 1.82) is 0 Å². The van der Waals surface area contributed by atoms with E-state index in [1.807, 2.05) is 61.3 Å². The van der Waals surface area contributed by atoms with Gasteiger partial charge < -0.3 is 29.3 Å². The average Bonchev–Trinajstić information content (AvgIpc) is 3.77. The molecule has 0 aliphatic carbocycles. The van der Waals surface area contributed by atoms with Crippen LogP contribution in [-0.4, -0.2) is 101 Å². The quantitative estimate of drug-likeness (QED) is 0.114. The van der Waals surface area contributed by atoms with Gasteiger partial charge in [-0.15, -0.1) is 11.3 Å². The maximum Gasteiger partial charge on any atom is 0.323 e. The first-order valence-electron chi connectivity index (χ1n) is 20.0. The van der Waals surface area contributed by atoms with Crippen molar-refractivity contribution in [2.75, 3.05) is 38.7 Å². The number of carbonyl (C=O) groups is 4. The molecule has 308 valence electrons. The number of hydrogen-bond acceptors (Lipinski definition) is 11. The highest BCUT2D eigenvalue weighted by atomic mass is 32.1. The second-order valence-electron chi connectivity index (χ2n) is 16.0. The van der Waals surface area contributed by atoms with Crippen molar-refractivity contribution in [2.45, 2.75) is 89.1 Å². The Kier molecular flexibility index (Phi) is 12.5. The van der Waals surface area contributed by atoms with Crippen LogP contribution in [-0.2, 0) is 29.8 Å². The number of anilines is 1. The Hall–Kier alpha value is -4.85. The normalized spacial score (nSPS) is 22.3. The molecule has 1 unspecified atom stereocenters. The summed E-state index contributed by atoms with van der Waals surface area (Å²) in [5, 5.41) is 6.72. The van der Waals surface area contributed by atoms with Crippen LogP contribution in [0.4, 0.5) is 5.82 Å². The zero-order valence-corrected chi connectivity index (χ0v) is 35.3. The Morgan fingerprint density at radius 1 is 1.07 bits per heavy atom. The minimum absolute atomic E-state index is 0.0260. The lowest BCUT2D eigenvalue weighted by molar-refractivity contribution is -0.148. The van der Waals surface area contributed by atoms with Gasteiger partial charge in [0.2, 0.25) is 11.8 Å². The zero-order valence-electron chi connectivity index (χ0n) is 33.6. The van der Waals surface area contributed by atoms with E-state index >= 15 is 0 Å². The zero-order chi connectivity index (χ0) is 41.1. The number of carbonyl (C=O) groups excluding carboxylic acids is 4. The van der Waals surface area contributed by atoms with Gasteiger partial charge in [0.15, 0.2) is 0 Å². The van der Waals surface area contributed by atoms with E-state index in [1.54, 1.807) is 42.2 Å². The van der Waals surface area contributed by atoms with Crippen LogP contribution in [0.15, 0.2) is 67.1 Å². The van der Waals surface area contributed by atoms with Crippen molar-refractivity contribution in [1.82, 2.24) is 30.2 Å². The number of rotatable bonds is 14. The van der Waals surface area contributed by atoms with Crippen LogP contribution in [0.2, 0.25) is 0 Å². The number of para-hydroxylation sites is 1. The van der Waals surface area contributed by atoms with Crippen LogP contribution >= 0.6 is 18.9 Å². The Balaban J connectivity index is 1.03. The molecule has 2 aromatic carbocycles. The second-order valence-corrected chi connectivity index (χ2v) is 19.2. The van der Waals surface area contributed by atoms with E-state index < -0.39 is 31.6 Å². The van der Waals surface area contributed by atoms with Crippen molar-refractivity contribution >= 4 is 58.5 Å². The van der Waals surface area contributed by atoms with Crippen LogP contribution in [0.25, 0.3) is 10.1 Å². The number of likely N-dealkylation sites (tertiary alicyclic amines) is 1. The number of hydrogen-bond donors (Lipinski definition) is 2. The third kappa shape index (κ3) is 9.06. The van der Waals surface area contributed by atoms with Crippen LogP contribution in [0, 0.1) is 5.92 Å². The molecule has 5 heterocycles. The fourth-order valence-electron chi connectivity index (χ4n) is 8.32. The Morgan fingerprint density at radius 2 is 1.84 bits per heavy atom. The molecule has 14 nitrogen and oxygen atoms in total. The van der Waals surface area contributed by atoms with Gasteiger partial charge in [0.1, 0.15) is 36.0 Å². The summed E-state index contributed by atoms with van der Waals surface area (Å²) in [7, 11) is 0.184. The van der Waals surface area contributed by atoms with Crippen molar-refractivity contribution in [3.63, 3.8) is 0 Å². The number of thiophene rings is 1.